The largest absolute Gasteiger partial charge is 0.311 e. The van der Waals surface area contributed by atoms with E-state index in [-0.39, 0.29) is 49.3 Å². The van der Waals surface area contributed by atoms with E-state index in [0.29, 0.717) is 73.8 Å². The van der Waals surface area contributed by atoms with Crippen molar-refractivity contribution in [1.82, 2.24) is 24.1 Å². The average molecular weight is 1340 g/mol. The van der Waals surface area contributed by atoms with Crippen molar-refractivity contribution in [1.29, 1.82) is 0 Å². The Morgan fingerprint density at radius 2 is 0.680 bits per heavy atom. The Balaban J connectivity index is 1.02. The fourth-order valence-corrected chi connectivity index (χ4v) is 15.2. The van der Waals surface area contributed by atoms with Crippen LogP contribution in [0.2, 0.25) is 0 Å². The van der Waals surface area contributed by atoms with Crippen molar-refractivity contribution in [2.45, 2.75) is 52.4 Å². The maximum Gasteiger partial charge on any atom is 0.252 e. The SMILES string of the molecule is [2H]c1c([2H])c([2H])c2c(c1[2H])c1c([2H])c([2H])c([2H])c([2H])c1n2-c1ccc2c(c1)N(c1ccc(-c3ccccc3)cc1-c1ccccc1)c1cc(C(C)(C)C)cc3c1B2c1ccc(-n2c4c([2H])c([2H])c([2H])c([2H])c4c4c([2H])c([2H])c([2H])c([2H])c42)cc1N3c1c(-c2ccccc2)cc(C(C)(C)C)cc1-c1nc(-c2ccccc2)nc(-c2ccccc2)n1. The monoisotopic (exact) mass is 1340 g/mol. The summed E-state index contributed by atoms with van der Waals surface area (Å²) in [5.74, 6) is 1.12. The van der Waals surface area contributed by atoms with Crippen molar-refractivity contribution >= 4 is 101 Å². The van der Waals surface area contributed by atoms with E-state index >= 15 is 0 Å². The minimum atomic E-state index is -0.803. The Labute approximate surface area is 623 Å². The van der Waals surface area contributed by atoms with Gasteiger partial charge in [0.15, 0.2) is 17.5 Å². The Hall–Kier alpha value is -12.6. The standard InChI is InChI=1S/C95H72BN7/c1-94(2,3)67-55-76(63-34-16-9-17-35-63)90(77(56-67)93-98-91(64-36-18-10-19-37-64)97-92(99-93)65-38-20-11-21-39-65)103-86-60-70(101-82-46-28-24-42-73(82)74-43-25-29-47-83(74)101)50-52-79(86)96-78-51-49-69(100-80-44-26-22-40-71(80)72-41-23-27-45-81(72)100)59-85(78)102(87-57-68(95(4,5)6)58-88(103)89(87)96)84-53-48-66(61-30-12-7-13-31-61)54-75(84)62-32-14-8-15-33-62/h7-60H,1-6H3/i22D,23D,24D,25D,26D,27D,28D,29D,40D,41D,42D,43D,44D,45D,46D,47D. The predicted octanol–water partition coefficient (Wildman–Crippen LogP) is 22.7. The second-order valence-electron chi connectivity index (χ2n) is 28.4. The summed E-state index contributed by atoms with van der Waals surface area (Å²) in [5, 5.41) is -0.358. The zero-order valence-corrected chi connectivity index (χ0v) is 57.1. The molecular weight excluding hydrogens is 1250 g/mol. The maximum absolute atomic E-state index is 9.91. The molecule has 17 aromatic rings. The van der Waals surface area contributed by atoms with Gasteiger partial charge in [-0.25, -0.2) is 15.0 Å². The van der Waals surface area contributed by atoms with Crippen molar-refractivity contribution in [2.75, 3.05) is 9.80 Å². The molecule has 0 unspecified atom stereocenters. The summed E-state index contributed by atoms with van der Waals surface area (Å²) in [6.07, 6.45) is 0. The Kier molecular flexibility index (Phi) is 10.9. The number of hydrogen-bond donors (Lipinski definition) is 0. The molecule has 0 spiro atoms. The van der Waals surface area contributed by atoms with Gasteiger partial charge in [0, 0.05) is 83.5 Å². The van der Waals surface area contributed by atoms with E-state index in [1.54, 1.807) is 9.13 Å². The van der Waals surface area contributed by atoms with Gasteiger partial charge in [0.25, 0.3) is 6.71 Å². The lowest BCUT2D eigenvalue weighted by molar-refractivity contribution is 0.590. The van der Waals surface area contributed by atoms with Crippen LogP contribution < -0.4 is 26.2 Å². The molecule has 0 N–H and O–H groups in total. The highest BCUT2D eigenvalue weighted by Crippen LogP contribution is 2.54. The van der Waals surface area contributed by atoms with Crippen LogP contribution >= 0.6 is 0 Å². The fraction of sp³-hybridized carbons (Fsp3) is 0.0842. The molecule has 0 atom stereocenters. The fourth-order valence-electron chi connectivity index (χ4n) is 15.2. The molecule has 19 rings (SSSR count). The number of benzene rings is 14. The van der Waals surface area contributed by atoms with Gasteiger partial charge in [0.2, 0.25) is 0 Å². The molecule has 5 heterocycles. The zero-order valence-electron chi connectivity index (χ0n) is 73.1. The molecule has 0 amide bonds. The lowest BCUT2D eigenvalue weighted by Crippen LogP contribution is -2.61. The molecule has 2 aliphatic rings. The molecule has 2 aliphatic heterocycles. The molecule has 103 heavy (non-hydrogen) atoms. The van der Waals surface area contributed by atoms with Crippen LogP contribution in [0.4, 0.5) is 34.1 Å². The van der Waals surface area contributed by atoms with Crippen molar-refractivity contribution in [3.63, 3.8) is 0 Å². The number of fused-ring (bicyclic) bond motifs is 10. The van der Waals surface area contributed by atoms with E-state index in [2.05, 4.69) is 130 Å². The molecular formula is C95H72BN7. The molecule has 0 bridgehead atoms. The Morgan fingerprint density at radius 3 is 1.14 bits per heavy atom. The molecule has 0 saturated heterocycles. The summed E-state index contributed by atoms with van der Waals surface area (Å²) in [5.41, 5.74) is 14.0. The number of rotatable bonds is 10. The highest BCUT2D eigenvalue weighted by Gasteiger charge is 2.46. The number of anilines is 6. The molecule has 0 radical (unpaired) electrons. The second kappa shape index (κ2) is 24.0. The van der Waals surface area contributed by atoms with Gasteiger partial charge < -0.3 is 18.9 Å². The van der Waals surface area contributed by atoms with E-state index in [4.69, 9.17) is 20.4 Å². The zero-order chi connectivity index (χ0) is 83.2. The summed E-state index contributed by atoms with van der Waals surface area (Å²) in [6.45, 7) is 12.1. The van der Waals surface area contributed by atoms with Gasteiger partial charge >= 0.3 is 0 Å². The molecule has 0 fully saturated rings. The van der Waals surface area contributed by atoms with E-state index in [0.717, 1.165) is 61.1 Å². The van der Waals surface area contributed by atoms with E-state index in [9.17, 15) is 16.4 Å². The highest BCUT2D eigenvalue weighted by molar-refractivity contribution is 7.00. The van der Waals surface area contributed by atoms with E-state index < -0.39 is 114 Å². The lowest BCUT2D eigenvalue weighted by atomic mass is 9.33. The van der Waals surface area contributed by atoms with E-state index in [1.165, 1.54) is 0 Å². The topological polar surface area (TPSA) is 55.0 Å². The summed E-state index contributed by atoms with van der Waals surface area (Å²) in [7, 11) is 0. The number of nitrogens with zero attached hydrogens (tertiary/aromatic N) is 7. The maximum atomic E-state index is 9.91. The van der Waals surface area contributed by atoms with Crippen molar-refractivity contribution in [2.24, 2.45) is 0 Å². The van der Waals surface area contributed by atoms with Crippen LogP contribution in [0, 0.1) is 0 Å². The smallest absolute Gasteiger partial charge is 0.252 e. The van der Waals surface area contributed by atoms with Gasteiger partial charge in [-0.3, -0.25) is 0 Å². The summed E-state index contributed by atoms with van der Waals surface area (Å²) in [6, 6.07) is 68.2. The molecule has 490 valence electrons. The molecule has 3 aromatic heterocycles. The highest BCUT2D eigenvalue weighted by atomic mass is 15.2. The molecule has 0 aliphatic carbocycles. The third-order valence-corrected chi connectivity index (χ3v) is 20.1. The average Bonchev–Trinajstić information content (AvgIpc) is 1.64. The van der Waals surface area contributed by atoms with Crippen LogP contribution in [-0.2, 0) is 10.8 Å². The van der Waals surface area contributed by atoms with Gasteiger partial charge in [0.1, 0.15) is 0 Å². The number of para-hydroxylation sites is 4. The first-order chi connectivity index (χ1) is 57.0. The van der Waals surface area contributed by atoms with Crippen LogP contribution in [0.25, 0.3) is 123 Å². The third kappa shape index (κ3) is 10.2. The molecule has 8 heteroatoms. The normalized spacial score (nSPS) is 14.9. The molecule has 14 aromatic carbocycles. The third-order valence-electron chi connectivity index (χ3n) is 20.1. The summed E-state index contributed by atoms with van der Waals surface area (Å²) < 4.78 is 154. The molecule has 0 saturated carbocycles. The minimum absolute atomic E-state index is 0.0615. The van der Waals surface area contributed by atoms with Gasteiger partial charge in [-0.2, -0.15) is 0 Å². The second-order valence-corrected chi connectivity index (χ2v) is 28.4. The van der Waals surface area contributed by atoms with Crippen LogP contribution in [0.3, 0.4) is 0 Å². The number of hydrogen-bond acceptors (Lipinski definition) is 5. The first kappa shape index (κ1) is 46.7. The first-order valence-electron chi connectivity index (χ1n) is 42.5. The Morgan fingerprint density at radius 1 is 0.301 bits per heavy atom. The van der Waals surface area contributed by atoms with Crippen molar-refractivity contribution in [3.05, 3.63) is 338 Å². The van der Waals surface area contributed by atoms with Crippen LogP contribution in [-0.4, -0.2) is 30.8 Å². The lowest BCUT2D eigenvalue weighted by Gasteiger charge is -2.46. The van der Waals surface area contributed by atoms with Gasteiger partial charge in [-0.05, 0) is 145 Å². The Bertz CT molecular complexity index is 7000. The predicted molar refractivity (Wildman–Crippen MR) is 433 cm³/mol. The van der Waals surface area contributed by atoms with Crippen LogP contribution in [0.15, 0.2) is 327 Å². The van der Waals surface area contributed by atoms with Crippen LogP contribution in [0.1, 0.15) is 74.6 Å². The summed E-state index contributed by atoms with van der Waals surface area (Å²) >= 11 is 0. The quantitative estimate of drug-likeness (QED) is 0.128. The van der Waals surface area contributed by atoms with Crippen molar-refractivity contribution in [3.8, 4) is 78.9 Å². The summed E-state index contributed by atoms with van der Waals surface area (Å²) in [4.78, 5) is 21.0. The first-order valence-corrected chi connectivity index (χ1v) is 34.5. The number of aromatic nitrogens is 5. The molecule has 7 nitrogen and oxygen atoms in total. The van der Waals surface area contributed by atoms with Gasteiger partial charge in [-0.1, -0.05) is 284 Å². The van der Waals surface area contributed by atoms with E-state index in [1.807, 2.05) is 152 Å². The van der Waals surface area contributed by atoms with Crippen molar-refractivity contribution < 1.29 is 21.9 Å². The van der Waals surface area contributed by atoms with Crippen LogP contribution in [0.5, 0.6) is 0 Å². The van der Waals surface area contributed by atoms with Gasteiger partial charge in [-0.15, -0.1) is 0 Å². The minimum Gasteiger partial charge on any atom is -0.311 e. The van der Waals surface area contributed by atoms with Gasteiger partial charge in [0.05, 0.1) is 55.4 Å².